The molecule has 0 aliphatic heterocycles. The van der Waals surface area contributed by atoms with E-state index in [1.54, 1.807) is 11.1 Å². The van der Waals surface area contributed by atoms with Gasteiger partial charge in [-0.25, -0.2) is 4.98 Å². The molecule has 1 amide bonds. The molecular weight excluding hydrogens is 262 g/mol. The number of benzene rings is 1. The normalized spacial score (nSPS) is 10.8. The third-order valence-electron chi connectivity index (χ3n) is 3.51. The second kappa shape index (κ2) is 5.40. The molecule has 21 heavy (non-hydrogen) atoms. The third kappa shape index (κ3) is 2.52. The van der Waals surface area contributed by atoms with Gasteiger partial charge in [0, 0.05) is 30.8 Å². The molecule has 0 aliphatic carbocycles. The number of anilines is 1. The van der Waals surface area contributed by atoms with Crippen LogP contribution in [0, 0.1) is 6.92 Å². The molecule has 0 atom stereocenters. The average molecular weight is 279 g/mol. The van der Waals surface area contributed by atoms with Gasteiger partial charge in [0.2, 0.25) is 0 Å². The van der Waals surface area contributed by atoms with Crippen LogP contribution >= 0.6 is 0 Å². The molecule has 2 aromatic heterocycles. The maximum Gasteiger partial charge on any atom is 0.259 e. The van der Waals surface area contributed by atoms with Gasteiger partial charge in [-0.05, 0) is 43.7 Å². The molecule has 0 radical (unpaired) electrons. The quantitative estimate of drug-likeness (QED) is 0.737. The first-order valence-electron chi connectivity index (χ1n) is 7.00. The van der Waals surface area contributed by atoms with Crippen molar-refractivity contribution in [3.05, 3.63) is 66.1 Å². The van der Waals surface area contributed by atoms with Crippen molar-refractivity contribution >= 4 is 17.2 Å². The van der Waals surface area contributed by atoms with Crippen molar-refractivity contribution in [1.82, 2.24) is 9.38 Å². The number of hydrogen-bond acceptors (Lipinski definition) is 2. The van der Waals surface area contributed by atoms with Crippen LogP contribution in [-0.4, -0.2) is 21.8 Å². The molecule has 0 unspecified atom stereocenters. The smallest absolute Gasteiger partial charge is 0.259 e. The van der Waals surface area contributed by atoms with Crippen LogP contribution in [0.4, 0.5) is 5.69 Å². The van der Waals surface area contributed by atoms with Gasteiger partial charge in [0.25, 0.3) is 5.91 Å². The predicted molar refractivity (Wildman–Crippen MR) is 83.7 cm³/mol. The molecule has 0 aliphatic rings. The molecule has 4 nitrogen and oxygen atoms in total. The molecule has 4 heteroatoms. The molecule has 106 valence electrons. The first kappa shape index (κ1) is 13.4. The van der Waals surface area contributed by atoms with E-state index in [0.717, 1.165) is 16.9 Å². The lowest BCUT2D eigenvalue weighted by molar-refractivity contribution is 0.0988. The fourth-order valence-electron chi connectivity index (χ4n) is 2.44. The number of carbonyl (C=O) groups excluding carboxylic acids is 1. The van der Waals surface area contributed by atoms with E-state index in [0.29, 0.717) is 12.1 Å². The van der Waals surface area contributed by atoms with E-state index < -0.39 is 0 Å². The Bertz CT molecular complexity index is 791. The van der Waals surface area contributed by atoms with Gasteiger partial charge in [-0.15, -0.1) is 0 Å². The Morgan fingerprint density at radius 2 is 2.14 bits per heavy atom. The molecule has 2 heterocycles. The molecule has 3 aromatic rings. The third-order valence-corrected chi connectivity index (χ3v) is 3.51. The largest absolute Gasteiger partial charge is 0.309 e. The number of nitrogens with zero attached hydrogens (tertiary/aromatic N) is 3. The van der Waals surface area contributed by atoms with Gasteiger partial charge >= 0.3 is 0 Å². The summed E-state index contributed by atoms with van der Waals surface area (Å²) in [6.07, 6.45) is 5.39. The monoisotopic (exact) mass is 279 g/mol. The lowest BCUT2D eigenvalue weighted by atomic mass is 10.2. The summed E-state index contributed by atoms with van der Waals surface area (Å²) in [5.74, 6) is -0.00120. The summed E-state index contributed by atoms with van der Waals surface area (Å²) < 4.78 is 1.86. The standard InChI is InChI=1S/C17H17N3O/c1-3-20(15-6-4-5-13(2)11-15)17(21)14-7-8-16-18-9-10-19(16)12-14/h4-12H,3H2,1-2H3. The summed E-state index contributed by atoms with van der Waals surface area (Å²) in [6.45, 7) is 4.64. The predicted octanol–water partition coefficient (Wildman–Crippen LogP) is 3.31. The summed E-state index contributed by atoms with van der Waals surface area (Å²) in [5, 5.41) is 0. The minimum Gasteiger partial charge on any atom is -0.309 e. The van der Waals surface area contributed by atoms with E-state index in [1.165, 1.54) is 0 Å². The van der Waals surface area contributed by atoms with Crippen molar-refractivity contribution in [2.75, 3.05) is 11.4 Å². The zero-order valence-electron chi connectivity index (χ0n) is 12.2. The van der Waals surface area contributed by atoms with E-state index in [2.05, 4.69) is 4.98 Å². The van der Waals surface area contributed by atoms with E-state index in [4.69, 9.17) is 0 Å². The summed E-state index contributed by atoms with van der Waals surface area (Å²) >= 11 is 0. The van der Waals surface area contributed by atoms with Crippen molar-refractivity contribution in [2.24, 2.45) is 0 Å². The van der Waals surface area contributed by atoms with Crippen LogP contribution in [0.5, 0.6) is 0 Å². The van der Waals surface area contributed by atoms with Gasteiger partial charge in [0.15, 0.2) is 0 Å². The lowest BCUT2D eigenvalue weighted by Gasteiger charge is -2.21. The fourth-order valence-corrected chi connectivity index (χ4v) is 2.44. The van der Waals surface area contributed by atoms with Crippen molar-refractivity contribution in [1.29, 1.82) is 0 Å². The summed E-state index contributed by atoms with van der Waals surface area (Å²) in [7, 11) is 0. The van der Waals surface area contributed by atoms with Crippen LogP contribution in [-0.2, 0) is 0 Å². The molecule has 1 aromatic carbocycles. The van der Waals surface area contributed by atoms with Gasteiger partial charge in [-0.1, -0.05) is 12.1 Å². The Kier molecular flexibility index (Phi) is 3.44. The number of hydrogen-bond donors (Lipinski definition) is 0. The van der Waals surface area contributed by atoms with Gasteiger partial charge in [-0.2, -0.15) is 0 Å². The maximum absolute atomic E-state index is 12.7. The summed E-state index contributed by atoms with van der Waals surface area (Å²) in [6, 6.07) is 11.7. The van der Waals surface area contributed by atoms with Crippen molar-refractivity contribution in [3.63, 3.8) is 0 Å². The number of aryl methyl sites for hydroxylation is 1. The topological polar surface area (TPSA) is 37.6 Å². The fraction of sp³-hybridized carbons (Fsp3) is 0.176. The van der Waals surface area contributed by atoms with Crippen LogP contribution in [0.25, 0.3) is 5.65 Å². The van der Waals surface area contributed by atoms with Gasteiger partial charge in [0.1, 0.15) is 5.65 Å². The first-order chi connectivity index (χ1) is 10.2. The molecule has 0 bridgehead atoms. The molecule has 0 saturated carbocycles. The summed E-state index contributed by atoms with van der Waals surface area (Å²) in [4.78, 5) is 18.7. The highest BCUT2D eigenvalue weighted by Crippen LogP contribution is 2.18. The number of fused-ring (bicyclic) bond motifs is 1. The minimum absolute atomic E-state index is 0.00120. The second-order valence-electron chi connectivity index (χ2n) is 5.00. The zero-order chi connectivity index (χ0) is 14.8. The molecule has 0 fully saturated rings. The highest BCUT2D eigenvalue weighted by molar-refractivity contribution is 6.06. The highest BCUT2D eigenvalue weighted by Gasteiger charge is 2.16. The maximum atomic E-state index is 12.7. The van der Waals surface area contributed by atoms with Crippen LogP contribution in [0.15, 0.2) is 55.0 Å². The van der Waals surface area contributed by atoms with Gasteiger partial charge in [-0.3, -0.25) is 4.79 Å². The highest BCUT2D eigenvalue weighted by atomic mass is 16.2. The number of rotatable bonds is 3. The van der Waals surface area contributed by atoms with Gasteiger partial charge < -0.3 is 9.30 Å². The van der Waals surface area contributed by atoms with E-state index in [1.807, 2.05) is 67.0 Å². The van der Waals surface area contributed by atoms with Crippen LogP contribution in [0.2, 0.25) is 0 Å². The number of imidazole rings is 1. The Hall–Kier alpha value is -2.62. The van der Waals surface area contributed by atoms with Gasteiger partial charge in [0.05, 0.1) is 5.56 Å². The molecular formula is C17H17N3O. The Balaban J connectivity index is 1.98. The minimum atomic E-state index is -0.00120. The van der Waals surface area contributed by atoms with Crippen LogP contribution in [0.1, 0.15) is 22.8 Å². The van der Waals surface area contributed by atoms with Crippen molar-refractivity contribution in [2.45, 2.75) is 13.8 Å². The van der Waals surface area contributed by atoms with Crippen molar-refractivity contribution in [3.8, 4) is 0 Å². The Morgan fingerprint density at radius 3 is 2.90 bits per heavy atom. The molecule has 0 spiro atoms. The van der Waals surface area contributed by atoms with Crippen LogP contribution < -0.4 is 4.90 Å². The SMILES string of the molecule is CCN(C(=O)c1ccc2nccn2c1)c1cccc(C)c1. The van der Waals surface area contributed by atoms with Crippen LogP contribution in [0.3, 0.4) is 0 Å². The summed E-state index contributed by atoms with van der Waals surface area (Å²) in [5.41, 5.74) is 3.56. The number of pyridine rings is 1. The van der Waals surface area contributed by atoms with Crippen molar-refractivity contribution < 1.29 is 4.79 Å². The molecule has 0 saturated heterocycles. The average Bonchev–Trinajstić information content (AvgIpc) is 2.95. The second-order valence-corrected chi connectivity index (χ2v) is 5.00. The number of amides is 1. The van der Waals surface area contributed by atoms with E-state index >= 15 is 0 Å². The Morgan fingerprint density at radius 1 is 1.29 bits per heavy atom. The number of carbonyl (C=O) groups is 1. The zero-order valence-corrected chi connectivity index (χ0v) is 12.2. The first-order valence-corrected chi connectivity index (χ1v) is 7.00. The van der Waals surface area contributed by atoms with E-state index in [-0.39, 0.29) is 5.91 Å². The number of aromatic nitrogens is 2. The molecule has 0 N–H and O–H groups in total. The Labute approximate surface area is 123 Å². The lowest BCUT2D eigenvalue weighted by Crippen LogP contribution is -2.30. The molecule has 3 rings (SSSR count). The van der Waals surface area contributed by atoms with E-state index in [9.17, 15) is 4.79 Å².